The van der Waals surface area contributed by atoms with Crippen LogP contribution in [0.25, 0.3) is 0 Å². The van der Waals surface area contributed by atoms with E-state index in [4.69, 9.17) is 9.73 Å². The number of amides is 1. The van der Waals surface area contributed by atoms with Crippen LogP contribution in [-0.4, -0.2) is 41.2 Å². The van der Waals surface area contributed by atoms with Crippen LogP contribution in [0.4, 0.5) is 0 Å². The van der Waals surface area contributed by atoms with Gasteiger partial charge >= 0.3 is 5.97 Å². The molecule has 9 rings (SSSR count). The molecule has 6 aliphatic heterocycles. The third kappa shape index (κ3) is 6.23. The Morgan fingerprint density at radius 2 is 1.86 bits per heavy atom. The number of rotatable bonds is 2. The van der Waals surface area contributed by atoms with Crippen LogP contribution in [0.5, 0.6) is 0 Å². The molecular formula is C38H44N2O4. The van der Waals surface area contributed by atoms with Crippen molar-refractivity contribution in [3.63, 3.8) is 0 Å². The number of ether oxygens (including phenoxy) is 1. The van der Waals surface area contributed by atoms with Gasteiger partial charge in [-0.15, -0.1) is 0 Å². The summed E-state index contributed by atoms with van der Waals surface area (Å²) in [5.74, 6) is -0.737. The molecule has 6 nitrogen and oxygen atoms in total. The highest BCUT2D eigenvalue weighted by Crippen LogP contribution is 2.41. The number of aliphatic carboxylic acids is 1. The van der Waals surface area contributed by atoms with Crippen molar-refractivity contribution in [3.05, 3.63) is 104 Å². The molecule has 3 atom stereocenters. The zero-order chi connectivity index (χ0) is 30.8. The first kappa shape index (κ1) is 30.3. The molecule has 6 heterocycles. The lowest BCUT2D eigenvalue weighted by Gasteiger charge is -2.31. The third-order valence-electron chi connectivity index (χ3n) is 9.93. The second-order valence-corrected chi connectivity index (χ2v) is 13.0. The maximum atomic E-state index is 13.7. The van der Waals surface area contributed by atoms with Gasteiger partial charge in [0, 0.05) is 37.4 Å². The van der Waals surface area contributed by atoms with Gasteiger partial charge in [-0.05, 0) is 102 Å². The molecule has 0 aromatic heterocycles. The van der Waals surface area contributed by atoms with Gasteiger partial charge in [0.1, 0.15) is 0 Å². The van der Waals surface area contributed by atoms with Crippen LogP contribution < -0.4 is 0 Å². The second kappa shape index (κ2) is 13.1. The predicted octanol–water partition coefficient (Wildman–Crippen LogP) is 7.82. The fourth-order valence-corrected chi connectivity index (χ4v) is 7.55. The van der Waals surface area contributed by atoms with Crippen molar-refractivity contribution in [1.82, 2.24) is 4.90 Å². The van der Waals surface area contributed by atoms with Crippen LogP contribution in [-0.2, 0) is 29.1 Å². The molecule has 9 bridgehead atoms. The first-order chi connectivity index (χ1) is 21.3. The van der Waals surface area contributed by atoms with Gasteiger partial charge in [0.25, 0.3) is 5.91 Å². The Labute approximate surface area is 261 Å². The molecule has 0 radical (unpaired) electrons. The molecule has 230 valence electrons. The summed E-state index contributed by atoms with van der Waals surface area (Å²) in [6.45, 7) is 8.88. The molecule has 0 aliphatic carbocycles. The second-order valence-electron chi connectivity index (χ2n) is 13.0. The summed E-state index contributed by atoms with van der Waals surface area (Å²) in [5, 5.41) is 10.1. The van der Waals surface area contributed by atoms with Crippen molar-refractivity contribution in [2.45, 2.75) is 96.7 Å². The number of carboxylic acids is 1. The summed E-state index contributed by atoms with van der Waals surface area (Å²) in [5.41, 5.74) is 11.0. The lowest BCUT2D eigenvalue weighted by molar-refractivity contribution is -0.137. The average molecular weight is 593 g/mol. The molecule has 3 unspecified atom stereocenters. The number of hydrogen-bond acceptors (Lipinski definition) is 4. The van der Waals surface area contributed by atoms with Crippen molar-refractivity contribution >= 4 is 18.1 Å². The van der Waals surface area contributed by atoms with Gasteiger partial charge in [0.05, 0.1) is 19.1 Å². The summed E-state index contributed by atoms with van der Waals surface area (Å²) >= 11 is 0. The van der Waals surface area contributed by atoms with E-state index >= 15 is 0 Å². The molecule has 0 saturated heterocycles. The molecule has 6 heteroatoms. The first-order valence-electron chi connectivity index (χ1n) is 16.2. The van der Waals surface area contributed by atoms with Crippen molar-refractivity contribution in [2.24, 2.45) is 4.99 Å². The van der Waals surface area contributed by atoms with Gasteiger partial charge in [-0.3, -0.25) is 14.6 Å². The van der Waals surface area contributed by atoms with Crippen LogP contribution in [0, 0.1) is 13.8 Å². The minimum Gasteiger partial charge on any atom is -0.481 e. The van der Waals surface area contributed by atoms with E-state index in [1.165, 1.54) is 22.3 Å². The molecule has 1 amide bonds. The molecule has 0 fully saturated rings. The zero-order valence-corrected chi connectivity index (χ0v) is 26.3. The summed E-state index contributed by atoms with van der Waals surface area (Å²) in [6.07, 6.45) is 7.92. The van der Waals surface area contributed by atoms with Crippen molar-refractivity contribution in [1.29, 1.82) is 0 Å². The van der Waals surface area contributed by atoms with E-state index in [0.717, 1.165) is 71.9 Å². The highest BCUT2D eigenvalue weighted by Gasteiger charge is 2.29. The minimum absolute atomic E-state index is 0.0168. The SMILES string of the molecule is Cc1cc2ccc1C(=O)N1CCc3ccc(cc3C1)C(CC(=O)O)c1ccc3c(c1C)C(C)CC=NC3CCCCCOC2. The molecule has 3 aromatic carbocycles. The van der Waals surface area contributed by atoms with E-state index < -0.39 is 5.97 Å². The lowest BCUT2D eigenvalue weighted by atomic mass is 9.78. The van der Waals surface area contributed by atoms with Crippen LogP contribution in [0.3, 0.4) is 0 Å². The number of nitrogens with zero attached hydrogens (tertiary/aromatic N) is 2. The number of aryl methyl sites for hydroxylation is 1. The normalized spacial score (nSPS) is 22.3. The Morgan fingerprint density at radius 1 is 1.02 bits per heavy atom. The smallest absolute Gasteiger partial charge is 0.304 e. The zero-order valence-electron chi connectivity index (χ0n) is 26.3. The van der Waals surface area contributed by atoms with E-state index in [-0.39, 0.29) is 24.3 Å². The number of aliphatic imine (C=N–C) groups is 1. The van der Waals surface area contributed by atoms with Gasteiger partial charge in [0.2, 0.25) is 0 Å². The average Bonchev–Trinajstić information content (AvgIpc) is 3.17. The number of benzene rings is 3. The van der Waals surface area contributed by atoms with Gasteiger partial charge in [0.15, 0.2) is 0 Å². The molecule has 1 N–H and O–H groups in total. The Kier molecular flexibility index (Phi) is 8.99. The van der Waals surface area contributed by atoms with E-state index in [1.54, 1.807) is 0 Å². The van der Waals surface area contributed by atoms with E-state index in [2.05, 4.69) is 56.5 Å². The van der Waals surface area contributed by atoms with Gasteiger partial charge in [-0.25, -0.2) is 0 Å². The van der Waals surface area contributed by atoms with Crippen molar-refractivity contribution in [2.75, 3.05) is 13.2 Å². The van der Waals surface area contributed by atoms with Crippen LogP contribution >= 0.6 is 0 Å². The molecule has 0 spiro atoms. The molecule has 6 aliphatic rings. The topological polar surface area (TPSA) is 79.2 Å². The maximum Gasteiger partial charge on any atom is 0.304 e. The van der Waals surface area contributed by atoms with E-state index in [9.17, 15) is 14.7 Å². The number of carboxylic acid groups (broad SMARTS) is 1. The monoisotopic (exact) mass is 592 g/mol. The van der Waals surface area contributed by atoms with Gasteiger partial charge in [-0.1, -0.05) is 62.2 Å². The summed E-state index contributed by atoms with van der Waals surface area (Å²) in [6, 6.07) is 16.9. The van der Waals surface area contributed by atoms with Gasteiger partial charge < -0.3 is 14.7 Å². The Morgan fingerprint density at radius 3 is 2.68 bits per heavy atom. The molecule has 44 heavy (non-hydrogen) atoms. The molecule has 3 aromatic rings. The van der Waals surface area contributed by atoms with Crippen LogP contribution in [0.2, 0.25) is 0 Å². The molecule has 0 saturated carbocycles. The Hall–Kier alpha value is -3.77. The lowest BCUT2D eigenvalue weighted by Crippen LogP contribution is -2.36. The largest absolute Gasteiger partial charge is 0.481 e. The fourth-order valence-electron chi connectivity index (χ4n) is 7.55. The van der Waals surface area contributed by atoms with Crippen LogP contribution in [0.15, 0.2) is 53.5 Å². The van der Waals surface area contributed by atoms with E-state index in [0.29, 0.717) is 32.2 Å². The maximum absolute atomic E-state index is 13.7. The summed E-state index contributed by atoms with van der Waals surface area (Å²) in [7, 11) is 0. The van der Waals surface area contributed by atoms with Crippen LogP contribution in [0.1, 0.15) is 124 Å². The Bertz CT molecular complexity index is 1590. The van der Waals surface area contributed by atoms with Gasteiger partial charge in [-0.2, -0.15) is 0 Å². The summed E-state index contributed by atoms with van der Waals surface area (Å²) < 4.78 is 6.02. The Balaban J connectivity index is 1.42. The predicted molar refractivity (Wildman–Crippen MR) is 174 cm³/mol. The van der Waals surface area contributed by atoms with Crippen molar-refractivity contribution in [3.8, 4) is 0 Å². The fraction of sp³-hybridized carbons (Fsp3) is 0.447. The van der Waals surface area contributed by atoms with E-state index in [1.807, 2.05) is 24.0 Å². The quantitative estimate of drug-likeness (QED) is 0.329. The number of hydrogen-bond donors (Lipinski definition) is 1. The third-order valence-corrected chi connectivity index (χ3v) is 9.93. The summed E-state index contributed by atoms with van der Waals surface area (Å²) in [4.78, 5) is 32.9. The number of carbonyl (C=O) groups excluding carboxylic acids is 1. The minimum atomic E-state index is -0.812. The van der Waals surface area contributed by atoms with Crippen molar-refractivity contribution < 1.29 is 19.4 Å². The highest BCUT2D eigenvalue weighted by molar-refractivity contribution is 5.95. The molecular weight excluding hydrogens is 548 g/mol. The first-order valence-corrected chi connectivity index (χ1v) is 16.2. The standard InChI is InChI=1S/C38H44N2O4/c1-24-14-16-39-35-7-5-4-6-18-44-23-27-8-11-31(25(2)19-27)38(43)40-17-15-28-9-10-29(20-30(28)22-40)34(21-36(41)42)32-12-13-33(35)37(24)26(32)3/h8-13,16,19-20,24,34-35H,4-7,14-15,17-18,21-23H2,1-3H3,(H,41,42). The number of carbonyl (C=O) groups is 2. The highest BCUT2D eigenvalue weighted by atomic mass is 16.5.